The molecule has 1 N–H and O–H groups in total. The summed E-state index contributed by atoms with van der Waals surface area (Å²) in [5.74, 6) is -0.432. The highest BCUT2D eigenvalue weighted by atomic mass is 35.5. The molecule has 0 aliphatic carbocycles. The highest BCUT2D eigenvalue weighted by Gasteiger charge is 2.32. The average molecular weight is 363 g/mol. The van der Waals surface area contributed by atoms with Gasteiger partial charge in [0, 0.05) is 44.2 Å². The largest absolute Gasteiger partial charge is 0.389 e. The van der Waals surface area contributed by atoms with E-state index in [1.807, 2.05) is 4.90 Å². The molecule has 0 unspecified atom stereocenters. The number of hydrogen-bond donors (Lipinski definition) is 1. The molecule has 1 aromatic carbocycles. The van der Waals surface area contributed by atoms with Crippen molar-refractivity contribution >= 4 is 24.8 Å². The van der Waals surface area contributed by atoms with Gasteiger partial charge in [-0.15, -0.1) is 24.8 Å². The van der Waals surface area contributed by atoms with E-state index in [-0.39, 0.29) is 31.2 Å². The maximum Gasteiger partial charge on any atom is 0.389 e. The summed E-state index contributed by atoms with van der Waals surface area (Å²) in [6.07, 6.45) is -5.21. The number of nitrogens with one attached hydrogen (secondary N) is 1. The predicted molar refractivity (Wildman–Crippen MR) is 83.4 cm³/mol. The van der Waals surface area contributed by atoms with Crippen LogP contribution in [0.15, 0.2) is 24.3 Å². The van der Waals surface area contributed by atoms with Crippen molar-refractivity contribution in [2.24, 2.45) is 0 Å². The molecule has 1 aliphatic rings. The first-order valence-electron chi connectivity index (χ1n) is 6.73. The van der Waals surface area contributed by atoms with Gasteiger partial charge in [-0.3, -0.25) is 4.90 Å². The van der Waals surface area contributed by atoms with E-state index in [0.717, 1.165) is 13.1 Å². The normalized spacial score (nSPS) is 17.3. The van der Waals surface area contributed by atoms with Gasteiger partial charge in [0.2, 0.25) is 0 Å². The van der Waals surface area contributed by atoms with Crippen LogP contribution in [0, 0.1) is 5.82 Å². The zero-order valence-electron chi connectivity index (χ0n) is 11.9. The number of benzene rings is 1. The molecule has 0 aromatic heterocycles. The molecule has 2 nitrogen and oxygen atoms in total. The summed E-state index contributed by atoms with van der Waals surface area (Å²) in [4.78, 5) is 1.93. The molecule has 1 fully saturated rings. The van der Waals surface area contributed by atoms with E-state index in [2.05, 4.69) is 5.32 Å². The number of alkyl halides is 3. The minimum atomic E-state index is -4.21. The van der Waals surface area contributed by atoms with Crippen molar-refractivity contribution in [3.63, 3.8) is 0 Å². The van der Waals surface area contributed by atoms with E-state index in [9.17, 15) is 17.6 Å². The zero-order valence-corrected chi connectivity index (χ0v) is 13.5. The second kappa shape index (κ2) is 9.55. The first-order valence-corrected chi connectivity index (χ1v) is 6.73. The van der Waals surface area contributed by atoms with Crippen LogP contribution in [0.5, 0.6) is 0 Å². The third-order valence-electron chi connectivity index (χ3n) is 3.56. The van der Waals surface area contributed by atoms with Crippen LogP contribution in [0.2, 0.25) is 0 Å². The lowest BCUT2D eigenvalue weighted by Crippen LogP contribution is -2.45. The number of halogens is 6. The third kappa shape index (κ3) is 6.28. The van der Waals surface area contributed by atoms with E-state index in [1.165, 1.54) is 6.07 Å². The lowest BCUT2D eigenvalue weighted by atomic mass is 9.99. The Morgan fingerprint density at radius 1 is 1.09 bits per heavy atom. The van der Waals surface area contributed by atoms with Gasteiger partial charge >= 0.3 is 6.18 Å². The number of nitrogens with zero attached hydrogens (tertiary/aromatic N) is 1. The van der Waals surface area contributed by atoms with Crippen LogP contribution in [0.25, 0.3) is 0 Å². The van der Waals surface area contributed by atoms with Crippen LogP contribution in [0.1, 0.15) is 24.4 Å². The molecule has 1 heterocycles. The molecule has 1 aromatic rings. The molecule has 0 saturated carbocycles. The van der Waals surface area contributed by atoms with Gasteiger partial charge in [-0.2, -0.15) is 13.2 Å². The van der Waals surface area contributed by atoms with Gasteiger partial charge < -0.3 is 5.32 Å². The van der Waals surface area contributed by atoms with Crippen LogP contribution in [0.4, 0.5) is 17.6 Å². The van der Waals surface area contributed by atoms with Gasteiger partial charge in [0.1, 0.15) is 5.82 Å². The Morgan fingerprint density at radius 3 is 2.23 bits per heavy atom. The molecule has 0 bridgehead atoms. The van der Waals surface area contributed by atoms with Gasteiger partial charge in [-0.05, 0) is 12.5 Å². The average Bonchev–Trinajstić information content (AvgIpc) is 2.41. The van der Waals surface area contributed by atoms with Crippen LogP contribution in [-0.4, -0.2) is 37.3 Å². The van der Waals surface area contributed by atoms with Crippen molar-refractivity contribution in [1.82, 2.24) is 10.2 Å². The van der Waals surface area contributed by atoms with Gasteiger partial charge in [0.05, 0.1) is 0 Å². The van der Waals surface area contributed by atoms with E-state index >= 15 is 0 Å². The van der Waals surface area contributed by atoms with Crippen molar-refractivity contribution in [3.05, 3.63) is 35.6 Å². The SMILES string of the molecule is Cl.Cl.Fc1ccccc1[C@H](CCC(F)(F)F)N1CCNCC1. The molecular weight excluding hydrogens is 343 g/mol. The Balaban J connectivity index is 0.00000220. The zero-order chi connectivity index (χ0) is 14.6. The minimum Gasteiger partial charge on any atom is -0.314 e. The second-order valence-corrected chi connectivity index (χ2v) is 4.98. The Hall–Kier alpha value is -0.560. The van der Waals surface area contributed by atoms with Gasteiger partial charge in [0.25, 0.3) is 0 Å². The Kier molecular flexibility index (Phi) is 9.31. The van der Waals surface area contributed by atoms with Crippen molar-refractivity contribution in [3.8, 4) is 0 Å². The predicted octanol–water partition coefficient (Wildman–Crippen LogP) is 3.96. The molecule has 0 spiro atoms. The van der Waals surface area contributed by atoms with Crippen molar-refractivity contribution < 1.29 is 17.6 Å². The lowest BCUT2D eigenvalue weighted by Gasteiger charge is -2.35. The fourth-order valence-corrected chi connectivity index (χ4v) is 2.57. The van der Waals surface area contributed by atoms with E-state index in [4.69, 9.17) is 0 Å². The summed E-state index contributed by atoms with van der Waals surface area (Å²) in [6, 6.07) is 5.59. The molecule has 2 rings (SSSR count). The first kappa shape index (κ1) is 21.4. The van der Waals surface area contributed by atoms with Crippen molar-refractivity contribution in [2.75, 3.05) is 26.2 Å². The quantitative estimate of drug-likeness (QED) is 0.815. The monoisotopic (exact) mass is 362 g/mol. The summed E-state index contributed by atoms with van der Waals surface area (Å²) >= 11 is 0. The van der Waals surface area contributed by atoms with Gasteiger partial charge in [-0.25, -0.2) is 4.39 Å². The standard InChI is InChI=1S/C14H18F4N2.2ClH/c15-12-4-2-1-3-11(12)13(5-6-14(16,17)18)20-9-7-19-8-10-20;;/h1-4,13,19H,5-10H2;2*1H/t13-;;/m0../s1. The Labute approximate surface area is 140 Å². The van der Waals surface area contributed by atoms with Crippen molar-refractivity contribution in [2.45, 2.75) is 25.1 Å². The Bertz CT molecular complexity index is 437. The molecule has 1 atom stereocenters. The third-order valence-corrected chi connectivity index (χ3v) is 3.56. The lowest BCUT2D eigenvalue weighted by molar-refractivity contribution is -0.138. The van der Waals surface area contributed by atoms with Crippen LogP contribution >= 0.6 is 24.8 Å². The van der Waals surface area contributed by atoms with E-state index in [0.29, 0.717) is 18.7 Å². The number of rotatable bonds is 4. The maximum absolute atomic E-state index is 13.9. The molecule has 0 radical (unpaired) electrons. The molecule has 8 heteroatoms. The summed E-state index contributed by atoms with van der Waals surface area (Å²) in [7, 11) is 0. The van der Waals surface area contributed by atoms with E-state index in [1.54, 1.807) is 18.2 Å². The van der Waals surface area contributed by atoms with Gasteiger partial charge in [-0.1, -0.05) is 18.2 Å². The summed E-state index contributed by atoms with van der Waals surface area (Å²) in [6.45, 7) is 2.71. The maximum atomic E-state index is 13.9. The summed E-state index contributed by atoms with van der Waals surface area (Å²) in [5.41, 5.74) is 0.360. The first-order chi connectivity index (χ1) is 9.47. The van der Waals surface area contributed by atoms with Gasteiger partial charge in [0.15, 0.2) is 0 Å². The molecular formula is C14H20Cl2F4N2. The number of hydrogen-bond acceptors (Lipinski definition) is 2. The van der Waals surface area contributed by atoms with Crippen molar-refractivity contribution in [1.29, 1.82) is 0 Å². The molecule has 1 aliphatic heterocycles. The highest BCUT2D eigenvalue weighted by Crippen LogP contribution is 2.32. The summed E-state index contributed by atoms with van der Waals surface area (Å²) in [5, 5.41) is 3.15. The minimum absolute atomic E-state index is 0. The smallest absolute Gasteiger partial charge is 0.314 e. The number of piperazine rings is 1. The van der Waals surface area contributed by atoms with Crippen LogP contribution in [-0.2, 0) is 0 Å². The second-order valence-electron chi connectivity index (χ2n) is 4.98. The molecule has 22 heavy (non-hydrogen) atoms. The fourth-order valence-electron chi connectivity index (χ4n) is 2.57. The van der Waals surface area contributed by atoms with Crippen LogP contribution in [0.3, 0.4) is 0 Å². The molecule has 1 saturated heterocycles. The highest BCUT2D eigenvalue weighted by molar-refractivity contribution is 5.85. The molecule has 0 amide bonds. The van der Waals surface area contributed by atoms with Crippen LogP contribution < -0.4 is 5.32 Å². The Morgan fingerprint density at radius 2 is 1.68 bits per heavy atom. The van der Waals surface area contributed by atoms with E-state index < -0.39 is 24.5 Å². The topological polar surface area (TPSA) is 15.3 Å². The fraction of sp³-hybridized carbons (Fsp3) is 0.571. The summed E-state index contributed by atoms with van der Waals surface area (Å²) < 4.78 is 51.3. The molecule has 128 valence electrons.